The summed E-state index contributed by atoms with van der Waals surface area (Å²) in [6.07, 6.45) is 10.9. The van der Waals surface area contributed by atoms with Crippen molar-refractivity contribution in [2.24, 2.45) is 11.0 Å². The second kappa shape index (κ2) is 4.64. The van der Waals surface area contributed by atoms with E-state index in [1.807, 2.05) is 0 Å². The van der Waals surface area contributed by atoms with Crippen LogP contribution < -0.4 is 5.43 Å². The molecule has 0 aliphatic heterocycles. The molecule has 0 unspecified atom stereocenters. The van der Waals surface area contributed by atoms with Crippen molar-refractivity contribution in [2.75, 3.05) is 6.54 Å². The van der Waals surface area contributed by atoms with Gasteiger partial charge in [0.1, 0.15) is 0 Å². The molecule has 2 aliphatic carbocycles. The van der Waals surface area contributed by atoms with Crippen LogP contribution in [0.5, 0.6) is 0 Å². The van der Waals surface area contributed by atoms with Gasteiger partial charge in [-0.2, -0.15) is 5.10 Å². The van der Waals surface area contributed by atoms with Gasteiger partial charge in [-0.05, 0) is 44.4 Å². The molecule has 0 aromatic rings. The van der Waals surface area contributed by atoms with E-state index in [1.54, 1.807) is 0 Å². The summed E-state index contributed by atoms with van der Waals surface area (Å²) in [6, 6.07) is 0. The van der Waals surface area contributed by atoms with Gasteiger partial charge in [-0.3, -0.25) is 0 Å². The Hall–Kier alpha value is -0.530. The fourth-order valence-electron chi connectivity index (χ4n) is 2.40. The van der Waals surface area contributed by atoms with Crippen LogP contribution in [0.2, 0.25) is 0 Å². The van der Waals surface area contributed by atoms with E-state index in [1.165, 1.54) is 57.1 Å². The normalized spacial score (nSPS) is 23.8. The summed E-state index contributed by atoms with van der Waals surface area (Å²) in [6.45, 7) is 1.11. The summed E-state index contributed by atoms with van der Waals surface area (Å²) in [5, 5.41) is 4.45. The summed E-state index contributed by atoms with van der Waals surface area (Å²) in [4.78, 5) is 0. The molecule has 0 atom stereocenters. The maximum Gasteiger partial charge on any atom is 0.0378 e. The van der Waals surface area contributed by atoms with E-state index >= 15 is 0 Å². The van der Waals surface area contributed by atoms with Gasteiger partial charge in [0.05, 0.1) is 0 Å². The fraction of sp³-hybridized carbons (Fsp3) is 0.909. The van der Waals surface area contributed by atoms with Gasteiger partial charge in [-0.15, -0.1) is 0 Å². The quantitative estimate of drug-likeness (QED) is 0.663. The van der Waals surface area contributed by atoms with Gasteiger partial charge in [0.25, 0.3) is 0 Å². The average molecular weight is 180 g/mol. The molecule has 0 heterocycles. The van der Waals surface area contributed by atoms with E-state index in [4.69, 9.17) is 0 Å². The van der Waals surface area contributed by atoms with Gasteiger partial charge >= 0.3 is 0 Å². The summed E-state index contributed by atoms with van der Waals surface area (Å²) in [5.74, 6) is 0.908. The van der Waals surface area contributed by atoms with Crippen molar-refractivity contribution in [3.05, 3.63) is 0 Å². The molecule has 2 saturated carbocycles. The van der Waals surface area contributed by atoms with Crippen LogP contribution in [0.3, 0.4) is 0 Å². The van der Waals surface area contributed by atoms with Crippen molar-refractivity contribution in [1.29, 1.82) is 0 Å². The maximum atomic E-state index is 4.45. The van der Waals surface area contributed by atoms with Gasteiger partial charge in [0.2, 0.25) is 0 Å². The standard InChI is InChI=1S/C11H20N2/c1-2-6-10(5-1)9-12-13-11-7-3-4-8-11/h10,12H,1-9H2. The third-order valence-electron chi connectivity index (χ3n) is 3.27. The van der Waals surface area contributed by atoms with Crippen LogP contribution in [-0.2, 0) is 0 Å². The minimum absolute atomic E-state index is 0.908. The molecule has 13 heavy (non-hydrogen) atoms. The van der Waals surface area contributed by atoms with E-state index < -0.39 is 0 Å². The Bertz CT molecular complexity index is 173. The minimum Gasteiger partial charge on any atom is -0.310 e. The molecule has 2 heteroatoms. The van der Waals surface area contributed by atoms with Crippen molar-refractivity contribution in [3.63, 3.8) is 0 Å². The van der Waals surface area contributed by atoms with Gasteiger partial charge < -0.3 is 5.43 Å². The number of hydrazone groups is 1. The SMILES string of the molecule is C1CCC(=NNCC2CCCC2)C1. The lowest BCUT2D eigenvalue weighted by molar-refractivity contribution is 0.500. The Kier molecular flexibility index (Phi) is 3.22. The van der Waals surface area contributed by atoms with E-state index in [-0.39, 0.29) is 0 Å². The molecular weight excluding hydrogens is 160 g/mol. The summed E-state index contributed by atoms with van der Waals surface area (Å²) >= 11 is 0. The van der Waals surface area contributed by atoms with E-state index in [0.29, 0.717) is 0 Å². The summed E-state index contributed by atoms with van der Waals surface area (Å²) in [7, 11) is 0. The number of hydrogen-bond donors (Lipinski definition) is 1. The molecule has 0 saturated heterocycles. The van der Waals surface area contributed by atoms with Gasteiger partial charge in [0.15, 0.2) is 0 Å². The highest BCUT2D eigenvalue weighted by Crippen LogP contribution is 2.23. The lowest BCUT2D eigenvalue weighted by Gasteiger charge is -2.07. The summed E-state index contributed by atoms with van der Waals surface area (Å²) in [5.41, 5.74) is 4.66. The van der Waals surface area contributed by atoms with Crippen molar-refractivity contribution >= 4 is 5.71 Å². The first-order valence-corrected chi connectivity index (χ1v) is 5.73. The monoisotopic (exact) mass is 180 g/mol. The van der Waals surface area contributed by atoms with Crippen LogP contribution in [0.4, 0.5) is 0 Å². The molecule has 1 N–H and O–H groups in total. The Morgan fingerprint density at radius 2 is 1.77 bits per heavy atom. The summed E-state index contributed by atoms with van der Waals surface area (Å²) < 4.78 is 0. The van der Waals surface area contributed by atoms with Crippen molar-refractivity contribution in [2.45, 2.75) is 51.4 Å². The molecule has 0 aromatic carbocycles. The highest BCUT2D eigenvalue weighted by Gasteiger charge is 2.14. The number of nitrogens with zero attached hydrogens (tertiary/aromatic N) is 1. The molecule has 2 fully saturated rings. The third-order valence-corrected chi connectivity index (χ3v) is 3.27. The highest BCUT2D eigenvalue weighted by molar-refractivity contribution is 5.85. The van der Waals surface area contributed by atoms with E-state index in [9.17, 15) is 0 Å². The first kappa shape index (κ1) is 9.04. The molecule has 0 radical (unpaired) electrons. The topological polar surface area (TPSA) is 24.4 Å². The van der Waals surface area contributed by atoms with Gasteiger partial charge in [0, 0.05) is 12.3 Å². The van der Waals surface area contributed by atoms with Gasteiger partial charge in [-0.25, -0.2) is 0 Å². The van der Waals surface area contributed by atoms with E-state index in [0.717, 1.165) is 12.5 Å². The zero-order valence-electron chi connectivity index (χ0n) is 8.39. The first-order valence-electron chi connectivity index (χ1n) is 5.73. The molecular formula is C11H20N2. The number of nitrogens with one attached hydrogen (secondary N) is 1. The highest BCUT2D eigenvalue weighted by atomic mass is 15.3. The average Bonchev–Trinajstić information content (AvgIpc) is 2.75. The van der Waals surface area contributed by atoms with Crippen molar-refractivity contribution in [1.82, 2.24) is 5.43 Å². The largest absolute Gasteiger partial charge is 0.310 e. The lowest BCUT2D eigenvalue weighted by Crippen LogP contribution is -2.17. The molecule has 2 nitrogen and oxygen atoms in total. The van der Waals surface area contributed by atoms with Crippen LogP contribution in [0, 0.1) is 5.92 Å². The number of hydrogen-bond acceptors (Lipinski definition) is 2. The molecule has 74 valence electrons. The molecule has 0 aromatic heterocycles. The third kappa shape index (κ3) is 2.71. The van der Waals surface area contributed by atoms with Crippen LogP contribution in [0.15, 0.2) is 5.10 Å². The van der Waals surface area contributed by atoms with Crippen LogP contribution >= 0.6 is 0 Å². The maximum absolute atomic E-state index is 4.45. The fourth-order valence-corrected chi connectivity index (χ4v) is 2.40. The van der Waals surface area contributed by atoms with E-state index in [2.05, 4.69) is 10.5 Å². The Morgan fingerprint density at radius 1 is 1.08 bits per heavy atom. The molecule has 0 bridgehead atoms. The molecule has 2 rings (SSSR count). The Morgan fingerprint density at radius 3 is 2.46 bits per heavy atom. The Balaban J connectivity index is 1.64. The zero-order chi connectivity index (χ0) is 8.93. The van der Waals surface area contributed by atoms with Crippen molar-refractivity contribution < 1.29 is 0 Å². The van der Waals surface area contributed by atoms with Crippen LogP contribution in [-0.4, -0.2) is 12.3 Å². The second-order valence-corrected chi connectivity index (χ2v) is 4.40. The minimum atomic E-state index is 0.908. The van der Waals surface area contributed by atoms with Crippen molar-refractivity contribution in [3.8, 4) is 0 Å². The van der Waals surface area contributed by atoms with Gasteiger partial charge in [-0.1, -0.05) is 12.8 Å². The molecule has 2 aliphatic rings. The first-order chi connectivity index (χ1) is 6.45. The second-order valence-electron chi connectivity index (χ2n) is 4.40. The predicted octanol–water partition coefficient (Wildman–Crippen LogP) is 2.70. The smallest absolute Gasteiger partial charge is 0.0378 e. The Labute approximate surface area is 80.8 Å². The zero-order valence-corrected chi connectivity index (χ0v) is 8.39. The molecule has 0 spiro atoms. The van der Waals surface area contributed by atoms with Crippen LogP contribution in [0.1, 0.15) is 51.4 Å². The predicted molar refractivity (Wildman–Crippen MR) is 55.9 cm³/mol. The lowest BCUT2D eigenvalue weighted by atomic mass is 10.1. The van der Waals surface area contributed by atoms with Crippen LogP contribution in [0.25, 0.3) is 0 Å². The number of rotatable bonds is 3. The molecule has 0 amide bonds.